The molecule has 2 aliphatic rings. The molecule has 0 N–H and O–H groups in total. The Balaban J connectivity index is 1.39. The third kappa shape index (κ3) is 4.11. The van der Waals surface area contributed by atoms with Gasteiger partial charge in [0.1, 0.15) is 11.9 Å². The van der Waals surface area contributed by atoms with Crippen molar-refractivity contribution in [3.05, 3.63) is 64.2 Å². The molecule has 4 rings (SSSR count). The number of hydrogen-bond donors (Lipinski definition) is 0. The summed E-state index contributed by atoms with van der Waals surface area (Å²) in [6.07, 6.45) is 3.89. The van der Waals surface area contributed by atoms with E-state index in [1.165, 1.54) is 17.5 Å². The second kappa shape index (κ2) is 8.43. The summed E-state index contributed by atoms with van der Waals surface area (Å²) < 4.78 is 16.9. The average molecular weight is 409 g/mol. The van der Waals surface area contributed by atoms with Gasteiger partial charge in [0.05, 0.1) is 19.3 Å². The maximum Gasteiger partial charge on any atom is 0.339 e. The van der Waals surface area contributed by atoms with Crippen LogP contribution in [0, 0.1) is 5.92 Å². The molecule has 4 heteroatoms. The van der Waals surface area contributed by atoms with E-state index in [0.29, 0.717) is 19.1 Å². The summed E-state index contributed by atoms with van der Waals surface area (Å²) in [7, 11) is 1.66. The number of methoxy groups -OCH3 is 1. The van der Waals surface area contributed by atoms with Crippen molar-refractivity contribution in [1.82, 2.24) is 0 Å². The van der Waals surface area contributed by atoms with E-state index < -0.39 is 0 Å². The number of cyclic esters (lactones) is 1. The molecule has 0 fully saturated rings. The van der Waals surface area contributed by atoms with Gasteiger partial charge in [0.2, 0.25) is 0 Å². The van der Waals surface area contributed by atoms with Crippen LogP contribution < -0.4 is 4.74 Å². The number of fused-ring (bicyclic) bond motifs is 3. The van der Waals surface area contributed by atoms with Gasteiger partial charge < -0.3 is 14.2 Å². The molecule has 0 bridgehead atoms. The van der Waals surface area contributed by atoms with Crippen LogP contribution in [0.15, 0.2) is 36.4 Å². The fraction of sp³-hybridized carbons (Fsp3) is 0.500. The van der Waals surface area contributed by atoms with Gasteiger partial charge in [-0.25, -0.2) is 4.79 Å². The quantitative estimate of drug-likeness (QED) is 0.546. The maximum absolute atomic E-state index is 12.7. The zero-order valence-electron chi connectivity index (χ0n) is 18.5. The van der Waals surface area contributed by atoms with Crippen LogP contribution >= 0.6 is 0 Å². The van der Waals surface area contributed by atoms with Crippen LogP contribution in [0.1, 0.15) is 78.7 Å². The summed E-state index contributed by atoms with van der Waals surface area (Å²) >= 11 is 0. The Morgan fingerprint density at radius 2 is 1.93 bits per heavy atom. The Labute approximate surface area is 179 Å². The van der Waals surface area contributed by atoms with Gasteiger partial charge in [-0.3, -0.25) is 0 Å². The number of carbonyl (C=O) groups is 1. The smallest absolute Gasteiger partial charge is 0.339 e. The molecular formula is C26H32O4. The van der Waals surface area contributed by atoms with Crippen LogP contribution in [0.3, 0.4) is 0 Å². The molecule has 4 nitrogen and oxygen atoms in total. The molecule has 1 aliphatic heterocycles. The van der Waals surface area contributed by atoms with E-state index in [1.807, 2.05) is 24.3 Å². The highest BCUT2D eigenvalue weighted by molar-refractivity contribution is 5.96. The standard InChI is InChI=1S/C26H32O4/c1-17(15-29-16-18-7-9-19(28-4)10-8-18)14-23-21-11-12-22-20(24(21)25(27)30-23)6-5-13-26(22,2)3/h7-12,17,23H,5-6,13-16H2,1-4H3/t17-,23?/m1/s1. The molecule has 0 spiro atoms. The van der Waals surface area contributed by atoms with Crippen molar-refractivity contribution in [2.75, 3.05) is 13.7 Å². The van der Waals surface area contributed by atoms with Gasteiger partial charge in [0.25, 0.3) is 0 Å². The van der Waals surface area contributed by atoms with Crippen LogP contribution in [0.2, 0.25) is 0 Å². The minimum absolute atomic E-state index is 0.129. The van der Waals surface area contributed by atoms with E-state index in [4.69, 9.17) is 14.2 Å². The maximum atomic E-state index is 12.7. The average Bonchev–Trinajstić information content (AvgIpc) is 3.04. The molecule has 2 atom stereocenters. The van der Waals surface area contributed by atoms with E-state index >= 15 is 0 Å². The van der Waals surface area contributed by atoms with Crippen LogP contribution in [0.4, 0.5) is 0 Å². The molecular weight excluding hydrogens is 376 g/mol. The molecule has 2 aromatic carbocycles. The highest BCUT2D eigenvalue weighted by Crippen LogP contribution is 2.44. The number of ether oxygens (including phenoxy) is 3. The highest BCUT2D eigenvalue weighted by Gasteiger charge is 2.38. The normalized spacial score (nSPS) is 20.3. The first-order chi connectivity index (χ1) is 14.4. The molecule has 30 heavy (non-hydrogen) atoms. The Bertz CT molecular complexity index is 913. The molecule has 160 valence electrons. The lowest BCUT2D eigenvalue weighted by molar-refractivity contribution is 0.0253. The number of benzene rings is 2. The molecule has 0 aromatic heterocycles. The number of esters is 1. The summed E-state index contributed by atoms with van der Waals surface area (Å²) in [5.41, 5.74) is 5.70. The van der Waals surface area contributed by atoms with E-state index in [0.717, 1.165) is 41.7 Å². The summed E-state index contributed by atoms with van der Waals surface area (Å²) in [6, 6.07) is 12.3. The van der Waals surface area contributed by atoms with E-state index in [2.05, 4.69) is 32.9 Å². The molecule has 1 heterocycles. The van der Waals surface area contributed by atoms with Crippen LogP contribution in [0.5, 0.6) is 5.75 Å². The molecule has 1 aliphatic carbocycles. The van der Waals surface area contributed by atoms with Gasteiger partial charge >= 0.3 is 5.97 Å². The summed E-state index contributed by atoms with van der Waals surface area (Å²) in [4.78, 5) is 12.7. The predicted octanol–water partition coefficient (Wildman–Crippen LogP) is 5.76. The van der Waals surface area contributed by atoms with Crippen LogP contribution in [0.25, 0.3) is 0 Å². The summed E-state index contributed by atoms with van der Waals surface area (Å²) in [6.45, 7) is 7.90. The molecule has 0 radical (unpaired) electrons. The van der Waals surface area contributed by atoms with Crippen molar-refractivity contribution >= 4 is 5.97 Å². The monoisotopic (exact) mass is 408 g/mol. The van der Waals surface area contributed by atoms with Gasteiger partial charge in [0, 0.05) is 12.2 Å². The lowest BCUT2D eigenvalue weighted by Crippen LogP contribution is -2.25. The third-order valence-corrected chi connectivity index (χ3v) is 6.55. The van der Waals surface area contributed by atoms with Crippen LogP contribution in [-0.2, 0) is 27.9 Å². The summed E-state index contributed by atoms with van der Waals surface area (Å²) in [5, 5.41) is 0. The second-order valence-electron chi connectivity index (χ2n) is 9.39. The fourth-order valence-electron chi connectivity index (χ4n) is 4.87. The minimum atomic E-state index is -0.164. The zero-order chi connectivity index (χ0) is 21.3. The fourth-order valence-corrected chi connectivity index (χ4v) is 4.87. The van der Waals surface area contributed by atoms with Crippen molar-refractivity contribution in [1.29, 1.82) is 0 Å². The Hall–Kier alpha value is -2.33. The van der Waals surface area contributed by atoms with Gasteiger partial charge in [-0.1, -0.05) is 45.0 Å². The number of hydrogen-bond acceptors (Lipinski definition) is 4. The van der Waals surface area contributed by atoms with E-state index in [1.54, 1.807) is 7.11 Å². The van der Waals surface area contributed by atoms with Crippen molar-refractivity contribution in [3.63, 3.8) is 0 Å². The van der Waals surface area contributed by atoms with Crippen molar-refractivity contribution in [2.45, 2.75) is 64.6 Å². The van der Waals surface area contributed by atoms with Crippen molar-refractivity contribution < 1.29 is 19.0 Å². The lowest BCUT2D eigenvalue weighted by atomic mass is 9.71. The summed E-state index contributed by atoms with van der Waals surface area (Å²) in [5.74, 6) is 0.995. The van der Waals surface area contributed by atoms with Gasteiger partial charge in [-0.15, -0.1) is 0 Å². The van der Waals surface area contributed by atoms with Crippen molar-refractivity contribution in [3.8, 4) is 5.75 Å². The minimum Gasteiger partial charge on any atom is -0.497 e. The second-order valence-corrected chi connectivity index (χ2v) is 9.39. The Kier molecular flexibility index (Phi) is 5.88. The van der Waals surface area contributed by atoms with E-state index in [9.17, 15) is 4.79 Å². The van der Waals surface area contributed by atoms with E-state index in [-0.39, 0.29) is 17.5 Å². The largest absolute Gasteiger partial charge is 0.497 e. The van der Waals surface area contributed by atoms with Crippen molar-refractivity contribution in [2.24, 2.45) is 5.92 Å². The first-order valence-electron chi connectivity index (χ1n) is 11.0. The van der Waals surface area contributed by atoms with Gasteiger partial charge in [-0.2, -0.15) is 0 Å². The molecule has 1 unspecified atom stereocenters. The molecule has 0 amide bonds. The Morgan fingerprint density at radius 1 is 1.17 bits per heavy atom. The highest BCUT2D eigenvalue weighted by atomic mass is 16.5. The first kappa shape index (κ1) is 20.9. The Morgan fingerprint density at radius 3 is 2.67 bits per heavy atom. The van der Waals surface area contributed by atoms with Gasteiger partial charge in [-0.05, 0) is 65.8 Å². The number of carbonyl (C=O) groups excluding carboxylic acids is 1. The molecule has 2 aromatic rings. The SMILES string of the molecule is COc1ccc(COC[C@H](C)CC2OC(=O)c3c2ccc2c3CCCC2(C)C)cc1. The lowest BCUT2D eigenvalue weighted by Gasteiger charge is -2.33. The zero-order valence-corrected chi connectivity index (χ0v) is 18.5. The first-order valence-corrected chi connectivity index (χ1v) is 11.0. The van der Waals surface area contributed by atoms with Crippen LogP contribution in [-0.4, -0.2) is 19.7 Å². The third-order valence-electron chi connectivity index (χ3n) is 6.55. The predicted molar refractivity (Wildman–Crippen MR) is 117 cm³/mol. The van der Waals surface area contributed by atoms with Gasteiger partial charge in [0.15, 0.2) is 0 Å². The molecule has 0 saturated heterocycles. The topological polar surface area (TPSA) is 44.8 Å². The molecule has 0 saturated carbocycles. The number of rotatable bonds is 7.